The van der Waals surface area contributed by atoms with Crippen LogP contribution >= 0.6 is 0 Å². The molecule has 2 aromatic rings. The van der Waals surface area contributed by atoms with E-state index in [0.717, 1.165) is 23.5 Å². The Labute approximate surface area is 82.9 Å². The first-order valence-corrected chi connectivity index (χ1v) is 4.70. The number of para-hydroxylation sites is 2. The van der Waals surface area contributed by atoms with Crippen LogP contribution in [0.15, 0.2) is 36.4 Å². The van der Waals surface area contributed by atoms with Crippen molar-refractivity contribution in [2.24, 2.45) is 0 Å². The number of aromatic nitrogens is 2. The number of nitrogens with zero attached hydrogens (tertiary/aromatic N) is 1. The Morgan fingerprint density at radius 3 is 3.07 bits per heavy atom. The molecule has 0 aliphatic rings. The van der Waals surface area contributed by atoms with Gasteiger partial charge >= 0.3 is 0 Å². The van der Waals surface area contributed by atoms with Gasteiger partial charge in [-0.05, 0) is 19.1 Å². The van der Waals surface area contributed by atoms with E-state index >= 15 is 0 Å². The molecule has 0 radical (unpaired) electrons. The minimum absolute atomic E-state index is 0.802. The Hall–Kier alpha value is -1.77. The summed E-state index contributed by atoms with van der Waals surface area (Å²) in [5, 5.41) is 3.18. The molecule has 3 nitrogen and oxygen atoms in total. The van der Waals surface area contributed by atoms with E-state index in [1.54, 1.807) is 0 Å². The molecule has 1 aromatic carbocycles. The van der Waals surface area contributed by atoms with Crippen LogP contribution in [0.4, 0.5) is 5.95 Å². The van der Waals surface area contributed by atoms with Crippen molar-refractivity contribution >= 4 is 17.0 Å². The summed E-state index contributed by atoms with van der Waals surface area (Å²) < 4.78 is 0. The number of aromatic amines is 1. The van der Waals surface area contributed by atoms with Crippen molar-refractivity contribution in [1.29, 1.82) is 0 Å². The molecule has 0 unspecified atom stereocenters. The third-order valence-electron chi connectivity index (χ3n) is 2.01. The fourth-order valence-corrected chi connectivity index (χ4v) is 1.31. The summed E-state index contributed by atoms with van der Waals surface area (Å²) in [6.45, 7) is 2.80. The van der Waals surface area contributed by atoms with Crippen molar-refractivity contribution in [2.75, 3.05) is 11.9 Å². The van der Waals surface area contributed by atoms with Crippen LogP contribution in [0, 0.1) is 0 Å². The van der Waals surface area contributed by atoms with Crippen molar-refractivity contribution in [1.82, 2.24) is 9.97 Å². The standard InChI is InChI=1S/C11H13N3/c1-2-3-8-12-11-13-9-6-4-5-7-10(9)14-11/h2-7H,8H2,1H3,(H2,12,13,14)/b3-2+. The van der Waals surface area contributed by atoms with Gasteiger partial charge in [-0.15, -0.1) is 0 Å². The summed E-state index contributed by atoms with van der Waals surface area (Å²) in [6.07, 6.45) is 4.06. The Kier molecular flexibility index (Phi) is 2.49. The Bertz CT molecular complexity index is 409. The first-order chi connectivity index (χ1) is 6.90. The molecule has 0 amide bonds. The molecule has 14 heavy (non-hydrogen) atoms. The van der Waals surface area contributed by atoms with Crippen molar-refractivity contribution in [3.8, 4) is 0 Å². The largest absolute Gasteiger partial charge is 0.352 e. The van der Waals surface area contributed by atoms with Crippen LogP contribution in [0.25, 0.3) is 11.0 Å². The summed E-state index contributed by atoms with van der Waals surface area (Å²) in [4.78, 5) is 7.58. The lowest BCUT2D eigenvalue weighted by Gasteiger charge is -1.95. The number of rotatable bonds is 3. The van der Waals surface area contributed by atoms with E-state index in [1.807, 2.05) is 43.3 Å². The zero-order valence-corrected chi connectivity index (χ0v) is 8.12. The maximum absolute atomic E-state index is 4.38. The normalized spacial score (nSPS) is 11.2. The van der Waals surface area contributed by atoms with Crippen molar-refractivity contribution in [2.45, 2.75) is 6.92 Å². The molecular formula is C11H13N3. The van der Waals surface area contributed by atoms with Gasteiger partial charge in [-0.25, -0.2) is 4.98 Å². The molecular weight excluding hydrogens is 174 g/mol. The van der Waals surface area contributed by atoms with Crippen LogP contribution < -0.4 is 5.32 Å². The van der Waals surface area contributed by atoms with Crippen molar-refractivity contribution in [3.63, 3.8) is 0 Å². The van der Waals surface area contributed by atoms with E-state index in [1.165, 1.54) is 0 Å². The van der Waals surface area contributed by atoms with Crippen molar-refractivity contribution in [3.05, 3.63) is 36.4 Å². The van der Waals surface area contributed by atoms with Gasteiger partial charge in [-0.2, -0.15) is 0 Å². The molecule has 0 aliphatic heterocycles. The predicted molar refractivity (Wildman–Crippen MR) is 59.4 cm³/mol. The summed E-state index contributed by atoms with van der Waals surface area (Å²) in [6, 6.07) is 7.99. The number of benzene rings is 1. The molecule has 0 aliphatic carbocycles. The third kappa shape index (κ3) is 1.76. The summed E-state index contributed by atoms with van der Waals surface area (Å²) in [5.41, 5.74) is 2.06. The molecule has 3 heteroatoms. The van der Waals surface area contributed by atoms with Crippen LogP contribution in [-0.4, -0.2) is 16.5 Å². The van der Waals surface area contributed by atoms with E-state index in [-0.39, 0.29) is 0 Å². The van der Waals surface area contributed by atoms with Gasteiger partial charge in [-0.1, -0.05) is 24.3 Å². The number of nitrogens with one attached hydrogen (secondary N) is 2. The topological polar surface area (TPSA) is 40.7 Å². The average Bonchev–Trinajstić information content (AvgIpc) is 2.60. The maximum atomic E-state index is 4.38. The van der Waals surface area contributed by atoms with E-state index < -0.39 is 0 Å². The minimum atomic E-state index is 0.802. The third-order valence-corrected chi connectivity index (χ3v) is 2.01. The summed E-state index contributed by atoms with van der Waals surface area (Å²) in [7, 11) is 0. The molecule has 2 rings (SSSR count). The molecule has 0 atom stereocenters. The van der Waals surface area contributed by atoms with E-state index in [9.17, 15) is 0 Å². The van der Waals surface area contributed by atoms with Crippen LogP contribution in [0.1, 0.15) is 6.92 Å². The molecule has 2 N–H and O–H groups in total. The second-order valence-electron chi connectivity index (χ2n) is 3.05. The maximum Gasteiger partial charge on any atom is 0.201 e. The van der Waals surface area contributed by atoms with Crippen LogP contribution in [0.3, 0.4) is 0 Å². The number of allylic oxidation sites excluding steroid dienone is 1. The highest BCUT2D eigenvalue weighted by Crippen LogP contribution is 2.12. The van der Waals surface area contributed by atoms with Gasteiger partial charge in [0.15, 0.2) is 0 Å². The molecule has 0 saturated heterocycles. The molecule has 0 saturated carbocycles. The summed E-state index contributed by atoms with van der Waals surface area (Å²) >= 11 is 0. The van der Waals surface area contributed by atoms with E-state index in [0.29, 0.717) is 0 Å². The van der Waals surface area contributed by atoms with E-state index in [2.05, 4.69) is 15.3 Å². The quantitative estimate of drug-likeness (QED) is 0.725. The number of hydrogen-bond donors (Lipinski definition) is 2. The number of H-pyrrole nitrogens is 1. The van der Waals surface area contributed by atoms with Gasteiger partial charge in [0.2, 0.25) is 5.95 Å². The van der Waals surface area contributed by atoms with Crippen LogP contribution in [0.5, 0.6) is 0 Å². The highest BCUT2D eigenvalue weighted by molar-refractivity contribution is 5.77. The Morgan fingerprint density at radius 1 is 1.43 bits per heavy atom. The Balaban J connectivity index is 2.18. The predicted octanol–water partition coefficient (Wildman–Crippen LogP) is 2.55. The SMILES string of the molecule is C/C=C/CNc1nc2ccccc2[nH]1. The molecule has 72 valence electrons. The van der Waals surface area contributed by atoms with Crippen LogP contribution in [0.2, 0.25) is 0 Å². The fourth-order valence-electron chi connectivity index (χ4n) is 1.31. The second kappa shape index (κ2) is 3.96. The van der Waals surface area contributed by atoms with Gasteiger partial charge < -0.3 is 10.3 Å². The molecule has 1 aromatic heterocycles. The number of imidazole rings is 1. The second-order valence-corrected chi connectivity index (χ2v) is 3.05. The Morgan fingerprint density at radius 2 is 2.29 bits per heavy atom. The zero-order chi connectivity index (χ0) is 9.80. The first kappa shape index (κ1) is 8.81. The number of fused-ring (bicyclic) bond motifs is 1. The number of anilines is 1. The zero-order valence-electron chi connectivity index (χ0n) is 8.12. The average molecular weight is 187 g/mol. The van der Waals surface area contributed by atoms with Gasteiger partial charge in [0.05, 0.1) is 11.0 Å². The first-order valence-electron chi connectivity index (χ1n) is 4.70. The van der Waals surface area contributed by atoms with Crippen LogP contribution in [-0.2, 0) is 0 Å². The highest BCUT2D eigenvalue weighted by atomic mass is 15.1. The molecule has 0 fully saturated rings. The monoisotopic (exact) mass is 187 g/mol. The molecule has 1 heterocycles. The lowest BCUT2D eigenvalue weighted by atomic mass is 10.3. The highest BCUT2D eigenvalue weighted by Gasteiger charge is 1.98. The van der Waals surface area contributed by atoms with Gasteiger partial charge in [0.1, 0.15) is 0 Å². The summed E-state index contributed by atoms with van der Waals surface area (Å²) in [5.74, 6) is 0.823. The minimum Gasteiger partial charge on any atom is -0.352 e. The molecule has 0 bridgehead atoms. The lowest BCUT2D eigenvalue weighted by molar-refractivity contribution is 1.21. The number of hydrogen-bond acceptors (Lipinski definition) is 2. The lowest BCUT2D eigenvalue weighted by Crippen LogP contribution is -1.99. The molecule has 0 spiro atoms. The van der Waals surface area contributed by atoms with E-state index in [4.69, 9.17) is 0 Å². The van der Waals surface area contributed by atoms with Gasteiger partial charge in [-0.3, -0.25) is 0 Å². The van der Waals surface area contributed by atoms with Crippen molar-refractivity contribution < 1.29 is 0 Å². The van der Waals surface area contributed by atoms with Gasteiger partial charge in [0.25, 0.3) is 0 Å². The fraction of sp³-hybridized carbons (Fsp3) is 0.182. The smallest absolute Gasteiger partial charge is 0.201 e. The van der Waals surface area contributed by atoms with Gasteiger partial charge in [0, 0.05) is 6.54 Å².